The average molecular weight is 247 g/mol. The molecule has 0 fully saturated rings. The molecule has 0 saturated heterocycles. The molecule has 2 rings (SSSR count). The Morgan fingerprint density at radius 3 is 2.61 bits per heavy atom. The molecular formula is C13H17N3O2. The summed E-state index contributed by atoms with van der Waals surface area (Å²) >= 11 is 0. The van der Waals surface area contributed by atoms with E-state index in [1.54, 1.807) is 18.9 Å². The number of ether oxygens (including phenoxy) is 2. The van der Waals surface area contributed by atoms with Crippen LogP contribution >= 0.6 is 0 Å². The molecule has 1 heterocycles. The highest BCUT2D eigenvalue weighted by Gasteiger charge is 2.11. The minimum absolute atomic E-state index is 0.556. The van der Waals surface area contributed by atoms with Gasteiger partial charge in [0, 0.05) is 11.6 Å². The highest BCUT2D eigenvalue weighted by atomic mass is 16.5. The Hall–Kier alpha value is -2.17. The van der Waals surface area contributed by atoms with E-state index in [1.165, 1.54) is 0 Å². The van der Waals surface area contributed by atoms with Gasteiger partial charge in [0.25, 0.3) is 0 Å². The number of hydrogen-bond acceptors (Lipinski definition) is 4. The lowest BCUT2D eigenvalue weighted by atomic mass is 10.2. The van der Waals surface area contributed by atoms with Crippen molar-refractivity contribution < 1.29 is 9.47 Å². The van der Waals surface area contributed by atoms with Crippen LogP contribution in [-0.4, -0.2) is 24.0 Å². The average Bonchev–Trinajstić information content (AvgIpc) is 2.67. The minimum atomic E-state index is 0.556. The van der Waals surface area contributed by atoms with Gasteiger partial charge in [0.2, 0.25) is 0 Å². The van der Waals surface area contributed by atoms with Crippen molar-refractivity contribution >= 4 is 5.82 Å². The first-order valence-electron chi connectivity index (χ1n) is 5.65. The smallest absolute Gasteiger partial charge is 0.165 e. The third kappa shape index (κ3) is 2.25. The van der Waals surface area contributed by atoms with E-state index in [9.17, 15) is 0 Å². The molecule has 1 aromatic carbocycles. The topological polar surface area (TPSA) is 62.3 Å². The van der Waals surface area contributed by atoms with Gasteiger partial charge in [-0.2, -0.15) is 5.10 Å². The van der Waals surface area contributed by atoms with E-state index < -0.39 is 0 Å². The number of methoxy groups -OCH3 is 2. The second kappa shape index (κ2) is 5.00. The zero-order valence-electron chi connectivity index (χ0n) is 10.8. The van der Waals surface area contributed by atoms with Crippen LogP contribution in [0.25, 0.3) is 0 Å². The number of aryl methyl sites for hydroxylation is 1. The maximum absolute atomic E-state index is 5.88. The monoisotopic (exact) mass is 247 g/mol. The van der Waals surface area contributed by atoms with Crippen LogP contribution in [0.1, 0.15) is 11.3 Å². The first kappa shape index (κ1) is 12.3. The van der Waals surface area contributed by atoms with Crippen LogP contribution in [0.5, 0.6) is 11.5 Å². The molecule has 2 aromatic rings. The summed E-state index contributed by atoms with van der Waals surface area (Å²) in [6, 6.07) is 7.59. The van der Waals surface area contributed by atoms with Crippen molar-refractivity contribution in [3.63, 3.8) is 0 Å². The quantitative estimate of drug-likeness (QED) is 0.895. The number of rotatable bonds is 4. The number of nitrogen functional groups attached to an aromatic ring is 1. The molecule has 1 aromatic heterocycles. The third-order valence-electron chi connectivity index (χ3n) is 2.74. The highest BCUT2D eigenvalue weighted by Crippen LogP contribution is 2.31. The molecular weight excluding hydrogens is 230 g/mol. The molecule has 5 heteroatoms. The summed E-state index contributed by atoms with van der Waals surface area (Å²) < 4.78 is 12.4. The van der Waals surface area contributed by atoms with Crippen molar-refractivity contribution in [2.45, 2.75) is 13.5 Å². The van der Waals surface area contributed by atoms with Crippen LogP contribution in [0.15, 0.2) is 24.3 Å². The Morgan fingerprint density at radius 1 is 1.28 bits per heavy atom. The minimum Gasteiger partial charge on any atom is -0.493 e. The van der Waals surface area contributed by atoms with Crippen molar-refractivity contribution in [2.24, 2.45) is 0 Å². The molecule has 0 amide bonds. The Balaban J connectivity index is 2.37. The van der Waals surface area contributed by atoms with Crippen molar-refractivity contribution in [1.29, 1.82) is 0 Å². The van der Waals surface area contributed by atoms with Crippen molar-refractivity contribution in [1.82, 2.24) is 9.78 Å². The maximum atomic E-state index is 5.88. The fourth-order valence-electron chi connectivity index (χ4n) is 1.93. The molecule has 2 N–H and O–H groups in total. The number of benzene rings is 1. The summed E-state index contributed by atoms with van der Waals surface area (Å²) in [7, 11) is 3.24. The predicted octanol–water partition coefficient (Wildman–Crippen LogP) is 1.84. The Kier molecular flexibility index (Phi) is 3.41. The highest BCUT2D eigenvalue weighted by molar-refractivity contribution is 5.47. The number of nitrogens with two attached hydrogens (primary N) is 1. The van der Waals surface area contributed by atoms with Gasteiger partial charge in [0.05, 0.1) is 26.5 Å². The molecule has 0 aliphatic carbocycles. The lowest BCUT2D eigenvalue weighted by Gasteiger charge is -2.13. The Labute approximate surface area is 106 Å². The van der Waals surface area contributed by atoms with Gasteiger partial charge in [0.1, 0.15) is 5.82 Å². The Morgan fingerprint density at radius 2 is 2.06 bits per heavy atom. The third-order valence-corrected chi connectivity index (χ3v) is 2.74. The molecule has 0 aliphatic heterocycles. The molecule has 0 bridgehead atoms. The number of para-hydroxylation sites is 1. The van der Waals surface area contributed by atoms with E-state index in [2.05, 4.69) is 5.10 Å². The van der Waals surface area contributed by atoms with Crippen molar-refractivity contribution in [2.75, 3.05) is 20.0 Å². The summed E-state index contributed by atoms with van der Waals surface area (Å²) in [6.07, 6.45) is 0. The first-order valence-corrected chi connectivity index (χ1v) is 5.65. The fourth-order valence-corrected chi connectivity index (χ4v) is 1.93. The summed E-state index contributed by atoms with van der Waals surface area (Å²) in [5, 5.41) is 4.33. The molecule has 0 spiro atoms. The van der Waals surface area contributed by atoms with Gasteiger partial charge < -0.3 is 15.2 Å². The summed E-state index contributed by atoms with van der Waals surface area (Å²) in [5.41, 5.74) is 7.76. The van der Waals surface area contributed by atoms with Gasteiger partial charge in [-0.1, -0.05) is 12.1 Å². The van der Waals surface area contributed by atoms with Crippen LogP contribution < -0.4 is 15.2 Å². The number of nitrogens with zero attached hydrogens (tertiary/aromatic N) is 2. The van der Waals surface area contributed by atoms with Gasteiger partial charge in [-0.15, -0.1) is 0 Å². The molecule has 0 atom stereocenters. The van der Waals surface area contributed by atoms with Gasteiger partial charge in [-0.25, -0.2) is 4.68 Å². The second-order valence-corrected chi connectivity index (χ2v) is 4.02. The number of anilines is 1. The second-order valence-electron chi connectivity index (χ2n) is 4.02. The number of hydrogen-bond donors (Lipinski definition) is 1. The van der Waals surface area contributed by atoms with E-state index in [0.717, 1.165) is 11.3 Å². The Bertz CT molecular complexity index is 549. The number of aromatic nitrogens is 2. The summed E-state index contributed by atoms with van der Waals surface area (Å²) in [5.74, 6) is 2.06. The van der Waals surface area contributed by atoms with Crippen LogP contribution in [0, 0.1) is 6.92 Å². The summed E-state index contributed by atoms with van der Waals surface area (Å²) in [4.78, 5) is 0. The zero-order valence-corrected chi connectivity index (χ0v) is 10.8. The lowest BCUT2D eigenvalue weighted by molar-refractivity contribution is 0.350. The molecule has 0 saturated carbocycles. The van der Waals surface area contributed by atoms with E-state index in [-0.39, 0.29) is 0 Å². The van der Waals surface area contributed by atoms with Gasteiger partial charge in [-0.05, 0) is 13.0 Å². The van der Waals surface area contributed by atoms with Crippen LogP contribution in [0.3, 0.4) is 0 Å². The maximum Gasteiger partial charge on any atom is 0.165 e. The normalized spacial score (nSPS) is 10.4. The van der Waals surface area contributed by atoms with E-state index >= 15 is 0 Å². The molecule has 0 radical (unpaired) electrons. The predicted molar refractivity (Wildman–Crippen MR) is 70.0 cm³/mol. The summed E-state index contributed by atoms with van der Waals surface area (Å²) in [6.45, 7) is 2.47. The zero-order chi connectivity index (χ0) is 13.1. The van der Waals surface area contributed by atoms with Crippen LogP contribution in [-0.2, 0) is 6.54 Å². The van der Waals surface area contributed by atoms with Crippen molar-refractivity contribution in [3.05, 3.63) is 35.5 Å². The van der Waals surface area contributed by atoms with Gasteiger partial charge in [0.15, 0.2) is 11.5 Å². The largest absolute Gasteiger partial charge is 0.493 e. The van der Waals surface area contributed by atoms with E-state index in [0.29, 0.717) is 23.9 Å². The standard InChI is InChI=1S/C13H17N3O2/c1-9-7-12(14)16(15-9)8-10-5-4-6-11(17-2)13(10)18-3/h4-7H,8,14H2,1-3H3. The van der Waals surface area contributed by atoms with Crippen LogP contribution in [0.2, 0.25) is 0 Å². The van der Waals surface area contributed by atoms with Crippen LogP contribution in [0.4, 0.5) is 5.82 Å². The van der Waals surface area contributed by atoms with Gasteiger partial charge >= 0.3 is 0 Å². The SMILES string of the molecule is COc1cccc(Cn2nc(C)cc2N)c1OC. The molecule has 0 unspecified atom stereocenters. The molecule has 18 heavy (non-hydrogen) atoms. The lowest BCUT2D eigenvalue weighted by Crippen LogP contribution is -2.07. The molecule has 0 aliphatic rings. The van der Waals surface area contributed by atoms with Crippen molar-refractivity contribution in [3.8, 4) is 11.5 Å². The van der Waals surface area contributed by atoms with E-state index in [4.69, 9.17) is 15.2 Å². The van der Waals surface area contributed by atoms with E-state index in [1.807, 2.05) is 31.2 Å². The molecule has 5 nitrogen and oxygen atoms in total. The first-order chi connectivity index (χ1) is 8.65. The van der Waals surface area contributed by atoms with Gasteiger partial charge in [-0.3, -0.25) is 0 Å². The fraction of sp³-hybridized carbons (Fsp3) is 0.308. The molecule has 96 valence electrons.